The molecule has 2 aromatic heterocycles. The van der Waals surface area contributed by atoms with Gasteiger partial charge in [-0.05, 0) is 44.9 Å². The molecule has 132 valence electrons. The van der Waals surface area contributed by atoms with E-state index in [-0.39, 0.29) is 11.9 Å². The van der Waals surface area contributed by atoms with Crippen molar-refractivity contribution in [2.75, 3.05) is 18.0 Å². The minimum Gasteiger partial charge on any atom is -0.357 e. The van der Waals surface area contributed by atoms with Crippen molar-refractivity contribution in [3.8, 4) is 0 Å². The number of hydrogen-bond acceptors (Lipinski definition) is 5. The molecule has 25 heavy (non-hydrogen) atoms. The first-order chi connectivity index (χ1) is 12.1. The predicted octanol–water partition coefficient (Wildman–Crippen LogP) is 3.05. The molecule has 1 aliphatic heterocycles. The van der Waals surface area contributed by atoms with Crippen LogP contribution >= 0.6 is 0 Å². The van der Waals surface area contributed by atoms with Crippen LogP contribution in [-0.4, -0.2) is 33.9 Å². The number of anilines is 1. The molecule has 1 fully saturated rings. The van der Waals surface area contributed by atoms with Gasteiger partial charge in [0.25, 0.3) is 5.91 Å². The molecule has 1 atom stereocenters. The molecule has 0 spiro atoms. The Morgan fingerprint density at radius 3 is 2.52 bits per heavy atom. The molecule has 1 N–H and O–H groups in total. The van der Waals surface area contributed by atoms with E-state index in [0.29, 0.717) is 11.4 Å². The molecule has 6 nitrogen and oxygen atoms in total. The number of aryl methyl sites for hydroxylation is 1. The van der Waals surface area contributed by atoms with Crippen LogP contribution in [0, 0.1) is 6.92 Å². The van der Waals surface area contributed by atoms with Crippen molar-refractivity contribution in [2.24, 2.45) is 0 Å². The van der Waals surface area contributed by atoms with Crippen molar-refractivity contribution in [1.29, 1.82) is 0 Å². The highest BCUT2D eigenvalue weighted by molar-refractivity contribution is 5.94. The molecule has 0 aliphatic carbocycles. The summed E-state index contributed by atoms with van der Waals surface area (Å²) in [4.78, 5) is 27.8. The average Bonchev–Trinajstić information content (AvgIpc) is 2.91. The lowest BCUT2D eigenvalue weighted by atomic mass is 10.2. The fourth-order valence-corrected chi connectivity index (χ4v) is 3.03. The summed E-state index contributed by atoms with van der Waals surface area (Å²) in [6.45, 7) is 5.87. The highest BCUT2D eigenvalue weighted by Crippen LogP contribution is 2.17. The van der Waals surface area contributed by atoms with Crippen molar-refractivity contribution in [3.63, 3.8) is 0 Å². The Bertz CT molecular complexity index is 708. The van der Waals surface area contributed by atoms with Crippen molar-refractivity contribution in [1.82, 2.24) is 20.3 Å². The molecule has 1 amide bonds. The number of carbonyl (C=O) groups is 1. The number of rotatable bonds is 4. The Kier molecular flexibility index (Phi) is 5.58. The predicted molar refractivity (Wildman–Crippen MR) is 97.6 cm³/mol. The largest absolute Gasteiger partial charge is 0.357 e. The zero-order chi connectivity index (χ0) is 17.6. The summed E-state index contributed by atoms with van der Waals surface area (Å²) < 4.78 is 0. The summed E-state index contributed by atoms with van der Waals surface area (Å²) in [5.74, 6) is 1.41. The zero-order valence-electron chi connectivity index (χ0n) is 14.9. The Balaban J connectivity index is 1.64. The van der Waals surface area contributed by atoms with Crippen LogP contribution in [0.1, 0.15) is 60.5 Å². The number of nitrogens with zero attached hydrogens (tertiary/aromatic N) is 4. The molecule has 3 rings (SSSR count). The van der Waals surface area contributed by atoms with Gasteiger partial charge >= 0.3 is 0 Å². The van der Waals surface area contributed by atoms with Gasteiger partial charge in [0.15, 0.2) is 0 Å². The molecule has 6 heteroatoms. The average molecular weight is 339 g/mol. The van der Waals surface area contributed by atoms with Gasteiger partial charge in [0, 0.05) is 31.2 Å². The second-order valence-corrected chi connectivity index (χ2v) is 6.56. The topological polar surface area (TPSA) is 71.0 Å². The lowest BCUT2D eigenvalue weighted by molar-refractivity contribution is 0.0938. The molecule has 2 aromatic rings. The summed E-state index contributed by atoms with van der Waals surface area (Å²) in [6.07, 6.45) is 8.35. The van der Waals surface area contributed by atoms with Crippen LogP contribution in [0.25, 0.3) is 0 Å². The number of amides is 1. The van der Waals surface area contributed by atoms with Gasteiger partial charge in [-0.2, -0.15) is 0 Å². The fraction of sp³-hybridized carbons (Fsp3) is 0.474. The molecule has 3 heterocycles. The normalized spacial score (nSPS) is 16.2. The first-order valence-corrected chi connectivity index (χ1v) is 8.95. The lowest BCUT2D eigenvalue weighted by Crippen LogP contribution is -2.28. The molecule has 0 bridgehead atoms. The maximum absolute atomic E-state index is 12.4. The third-order valence-electron chi connectivity index (χ3n) is 4.49. The molecular weight excluding hydrogens is 314 g/mol. The van der Waals surface area contributed by atoms with E-state index < -0.39 is 0 Å². The van der Waals surface area contributed by atoms with E-state index in [0.717, 1.165) is 24.6 Å². The van der Waals surface area contributed by atoms with Gasteiger partial charge in [-0.3, -0.25) is 4.79 Å². The van der Waals surface area contributed by atoms with Crippen LogP contribution in [-0.2, 0) is 0 Å². The van der Waals surface area contributed by atoms with Crippen molar-refractivity contribution in [3.05, 3.63) is 47.7 Å². The Morgan fingerprint density at radius 2 is 1.88 bits per heavy atom. The first-order valence-electron chi connectivity index (χ1n) is 8.95. The molecule has 0 aromatic carbocycles. The van der Waals surface area contributed by atoms with E-state index >= 15 is 0 Å². The third kappa shape index (κ3) is 4.53. The molecule has 1 saturated heterocycles. The first kappa shape index (κ1) is 17.3. The molecule has 0 saturated carbocycles. The maximum Gasteiger partial charge on any atom is 0.253 e. The van der Waals surface area contributed by atoms with Crippen molar-refractivity contribution >= 4 is 11.7 Å². The Hall–Kier alpha value is -2.50. The van der Waals surface area contributed by atoms with Crippen molar-refractivity contribution in [2.45, 2.75) is 45.6 Å². The second kappa shape index (κ2) is 8.05. The summed E-state index contributed by atoms with van der Waals surface area (Å²) in [7, 11) is 0. The Morgan fingerprint density at radius 1 is 1.12 bits per heavy atom. The van der Waals surface area contributed by atoms with Gasteiger partial charge in [-0.1, -0.05) is 12.8 Å². The highest BCUT2D eigenvalue weighted by Gasteiger charge is 2.15. The highest BCUT2D eigenvalue weighted by atomic mass is 16.1. The minimum absolute atomic E-state index is 0.160. The summed E-state index contributed by atoms with van der Waals surface area (Å²) in [5.41, 5.74) is 1.44. The van der Waals surface area contributed by atoms with Crippen LogP contribution in [0.15, 0.2) is 30.6 Å². The number of hydrogen-bond donors (Lipinski definition) is 1. The van der Waals surface area contributed by atoms with Crippen LogP contribution < -0.4 is 10.2 Å². The Labute approximate surface area is 148 Å². The molecule has 0 radical (unpaired) electrons. The summed E-state index contributed by atoms with van der Waals surface area (Å²) in [6, 6.07) is 5.36. The maximum atomic E-state index is 12.4. The van der Waals surface area contributed by atoms with Gasteiger partial charge in [-0.15, -0.1) is 0 Å². The van der Waals surface area contributed by atoms with E-state index in [4.69, 9.17) is 0 Å². The number of nitrogens with one attached hydrogen (secondary N) is 1. The third-order valence-corrected chi connectivity index (χ3v) is 4.49. The van der Waals surface area contributed by atoms with Gasteiger partial charge in [-0.25, -0.2) is 15.0 Å². The van der Waals surface area contributed by atoms with Crippen LogP contribution in [0.2, 0.25) is 0 Å². The summed E-state index contributed by atoms with van der Waals surface area (Å²) >= 11 is 0. The van der Waals surface area contributed by atoms with E-state index in [1.807, 2.05) is 32.0 Å². The fourth-order valence-electron chi connectivity index (χ4n) is 3.03. The summed E-state index contributed by atoms with van der Waals surface area (Å²) in [5, 5.41) is 2.93. The van der Waals surface area contributed by atoms with Crippen LogP contribution in [0.5, 0.6) is 0 Å². The van der Waals surface area contributed by atoms with Gasteiger partial charge in [0.05, 0.1) is 11.6 Å². The van der Waals surface area contributed by atoms with E-state index in [1.165, 1.54) is 25.7 Å². The second-order valence-electron chi connectivity index (χ2n) is 6.56. The SMILES string of the molecule is Cc1ccnc(C(C)NC(=O)c2ccc(N3CCCCCC3)nc2)n1. The standard InChI is InChI=1S/C19H25N5O/c1-14-9-10-20-18(22-14)15(2)23-19(25)16-7-8-17(21-13-16)24-11-5-3-4-6-12-24/h7-10,13,15H,3-6,11-12H2,1-2H3,(H,23,25). The van der Waals surface area contributed by atoms with E-state index in [9.17, 15) is 4.79 Å². The molecule has 1 aliphatic rings. The quantitative estimate of drug-likeness (QED) is 0.927. The number of aromatic nitrogens is 3. The van der Waals surface area contributed by atoms with E-state index in [1.54, 1.807) is 12.4 Å². The van der Waals surface area contributed by atoms with Gasteiger partial charge in [0.1, 0.15) is 11.6 Å². The molecule has 1 unspecified atom stereocenters. The zero-order valence-corrected chi connectivity index (χ0v) is 14.9. The van der Waals surface area contributed by atoms with Crippen LogP contribution in [0.3, 0.4) is 0 Å². The lowest BCUT2D eigenvalue weighted by Gasteiger charge is -2.21. The van der Waals surface area contributed by atoms with Gasteiger partial charge in [0.2, 0.25) is 0 Å². The number of carbonyl (C=O) groups excluding carboxylic acids is 1. The van der Waals surface area contributed by atoms with Crippen LogP contribution in [0.4, 0.5) is 5.82 Å². The van der Waals surface area contributed by atoms with Crippen molar-refractivity contribution < 1.29 is 4.79 Å². The minimum atomic E-state index is -0.252. The smallest absolute Gasteiger partial charge is 0.253 e. The monoisotopic (exact) mass is 339 g/mol. The van der Waals surface area contributed by atoms with Gasteiger partial charge < -0.3 is 10.2 Å². The number of pyridine rings is 1. The molecular formula is C19H25N5O. The van der Waals surface area contributed by atoms with E-state index in [2.05, 4.69) is 25.2 Å².